The summed E-state index contributed by atoms with van der Waals surface area (Å²) in [5.74, 6) is -1.02. The summed E-state index contributed by atoms with van der Waals surface area (Å²) in [5.41, 5.74) is 0. The lowest BCUT2D eigenvalue weighted by atomic mass is 10.1. The second-order valence-electron chi connectivity index (χ2n) is 3.67. The van der Waals surface area contributed by atoms with E-state index in [1.807, 2.05) is 6.92 Å². The van der Waals surface area contributed by atoms with E-state index < -0.39 is 21.6 Å². The summed E-state index contributed by atoms with van der Waals surface area (Å²) in [5, 5.41) is 0. The Hall–Kier alpha value is -0.230. The van der Waals surface area contributed by atoms with Crippen LogP contribution in [0.5, 0.6) is 0 Å². The second-order valence-corrected chi connectivity index (χ2v) is 6.42. The van der Waals surface area contributed by atoms with Crippen molar-refractivity contribution < 1.29 is 37.4 Å². The van der Waals surface area contributed by atoms with Gasteiger partial charge in [0.2, 0.25) is 0 Å². The van der Waals surface area contributed by atoms with Crippen molar-refractivity contribution in [3.63, 3.8) is 0 Å². The van der Waals surface area contributed by atoms with E-state index in [0.29, 0.717) is 6.42 Å². The zero-order valence-corrected chi connectivity index (χ0v) is 11.8. The molecule has 0 saturated carbocycles. The van der Waals surface area contributed by atoms with E-state index in [-0.39, 0.29) is 6.42 Å². The van der Waals surface area contributed by atoms with Gasteiger partial charge in [0, 0.05) is 6.42 Å². The van der Waals surface area contributed by atoms with Crippen LogP contribution in [-0.4, -0.2) is 20.6 Å². The fourth-order valence-electron chi connectivity index (χ4n) is 1.20. The van der Waals surface area contributed by atoms with E-state index in [1.165, 1.54) is 0 Å². The Labute approximate surface area is 105 Å². The number of hydrogen-bond acceptors (Lipinski definition) is 5. The van der Waals surface area contributed by atoms with Gasteiger partial charge >= 0.3 is 21.6 Å². The van der Waals surface area contributed by atoms with Crippen LogP contribution < -0.4 is 0 Å². The fraction of sp³-hybridized carbons (Fsp3) is 0.875. The first-order valence-corrected chi connectivity index (χ1v) is 8.51. The van der Waals surface area contributed by atoms with Gasteiger partial charge in [0.25, 0.3) is 0 Å². The van der Waals surface area contributed by atoms with E-state index in [9.17, 15) is 13.9 Å². The molecule has 0 spiro atoms. The maximum atomic E-state index is 11.1. The highest BCUT2D eigenvalue weighted by Crippen LogP contribution is 2.57. The second kappa shape index (κ2) is 8.04. The number of carbonyl (C=O) groups is 1. The molecular weight excluding hydrogens is 286 g/mol. The molecule has 108 valence electrons. The highest BCUT2D eigenvalue weighted by Gasteiger charge is 2.35. The van der Waals surface area contributed by atoms with Gasteiger partial charge in [-0.1, -0.05) is 32.6 Å². The fourth-order valence-corrected chi connectivity index (χ4v) is 2.76. The number of phosphoric ester groups is 1. The number of phosphoric acid groups is 2. The van der Waals surface area contributed by atoms with Crippen LogP contribution in [0.25, 0.3) is 0 Å². The van der Waals surface area contributed by atoms with Crippen LogP contribution in [-0.2, 0) is 22.8 Å². The highest BCUT2D eigenvalue weighted by atomic mass is 31.3. The van der Waals surface area contributed by atoms with Crippen molar-refractivity contribution >= 4 is 21.6 Å². The first-order valence-electron chi connectivity index (χ1n) is 5.48. The van der Waals surface area contributed by atoms with Gasteiger partial charge in [-0.15, -0.1) is 0 Å². The summed E-state index contributed by atoms with van der Waals surface area (Å²) in [6, 6.07) is 0. The van der Waals surface area contributed by atoms with Crippen molar-refractivity contribution in [2.45, 2.75) is 45.4 Å². The van der Waals surface area contributed by atoms with Crippen LogP contribution in [0, 0.1) is 0 Å². The molecule has 0 heterocycles. The molecule has 0 aliphatic heterocycles. The Morgan fingerprint density at radius 1 is 1.06 bits per heavy atom. The van der Waals surface area contributed by atoms with Crippen LogP contribution in [0.1, 0.15) is 45.4 Å². The molecule has 0 saturated heterocycles. The van der Waals surface area contributed by atoms with Gasteiger partial charge in [0.15, 0.2) is 0 Å². The molecule has 3 N–H and O–H groups in total. The molecule has 1 unspecified atom stereocenters. The average molecular weight is 304 g/mol. The summed E-state index contributed by atoms with van der Waals surface area (Å²) in [7, 11) is -10.2. The molecule has 0 aliphatic carbocycles. The third kappa shape index (κ3) is 10.9. The minimum absolute atomic E-state index is 0.0984. The monoisotopic (exact) mass is 304 g/mol. The minimum atomic E-state index is -5.17. The summed E-state index contributed by atoms with van der Waals surface area (Å²) in [6.07, 6.45) is 4.19. The molecule has 0 aromatic rings. The molecule has 0 amide bonds. The van der Waals surface area contributed by atoms with Crippen molar-refractivity contribution in [1.29, 1.82) is 0 Å². The number of hydrogen-bond donors (Lipinski definition) is 3. The van der Waals surface area contributed by atoms with Gasteiger partial charge in [-0.05, 0) is 6.42 Å². The van der Waals surface area contributed by atoms with Crippen LogP contribution in [0.4, 0.5) is 0 Å². The summed E-state index contributed by atoms with van der Waals surface area (Å²) < 4.78 is 28.7. The zero-order valence-electron chi connectivity index (χ0n) is 10.0. The molecular formula is C8H18O8P2. The Morgan fingerprint density at radius 2 is 1.61 bits per heavy atom. The Kier molecular flexibility index (Phi) is 7.94. The van der Waals surface area contributed by atoms with E-state index in [0.717, 1.165) is 25.7 Å². The van der Waals surface area contributed by atoms with E-state index in [1.54, 1.807) is 0 Å². The molecule has 0 aromatic carbocycles. The van der Waals surface area contributed by atoms with E-state index in [2.05, 4.69) is 8.83 Å². The minimum Gasteiger partial charge on any atom is -0.370 e. The van der Waals surface area contributed by atoms with Crippen LogP contribution >= 0.6 is 15.6 Å². The highest BCUT2D eigenvalue weighted by molar-refractivity contribution is 7.61. The Balaban J connectivity index is 3.93. The predicted octanol–water partition coefficient (Wildman–Crippen LogP) is 2.10. The lowest BCUT2D eigenvalue weighted by molar-refractivity contribution is -0.135. The van der Waals surface area contributed by atoms with Gasteiger partial charge < -0.3 is 14.3 Å². The van der Waals surface area contributed by atoms with Crippen molar-refractivity contribution in [3.8, 4) is 0 Å². The third-order valence-corrected chi connectivity index (χ3v) is 4.02. The normalized spacial score (nSPS) is 15.1. The maximum Gasteiger partial charge on any atom is 0.538 e. The third-order valence-electron chi connectivity index (χ3n) is 1.91. The average Bonchev–Trinajstić information content (AvgIpc) is 2.12. The summed E-state index contributed by atoms with van der Waals surface area (Å²) in [4.78, 5) is 36.6. The quantitative estimate of drug-likeness (QED) is 0.436. The molecule has 0 radical (unpaired) electrons. The largest absolute Gasteiger partial charge is 0.538 e. The number of unbranched alkanes of at least 4 members (excludes halogenated alkanes) is 4. The molecule has 10 heteroatoms. The first kappa shape index (κ1) is 17.8. The topological polar surface area (TPSA) is 130 Å². The molecule has 1 atom stereocenters. The molecule has 8 nitrogen and oxygen atoms in total. The summed E-state index contributed by atoms with van der Waals surface area (Å²) >= 11 is 0. The van der Waals surface area contributed by atoms with Gasteiger partial charge in [-0.25, -0.2) is 9.13 Å². The Morgan fingerprint density at radius 3 is 2.11 bits per heavy atom. The van der Waals surface area contributed by atoms with Crippen molar-refractivity contribution in [1.82, 2.24) is 0 Å². The van der Waals surface area contributed by atoms with Crippen LogP contribution in [0.3, 0.4) is 0 Å². The summed E-state index contributed by atoms with van der Waals surface area (Å²) in [6.45, 7) is 2.04. The molecule has 0 aliphatic rings. The smallest absolute Gasteiger partial charge is 0.370 e. The zero-order chi connectivity index (χ0) is 14.2. The standard InChI is InChI=1S/C8H18O8P2/c1-2-3-4-5-6-7-8(9)15-18(13,14)16-17(10,11)12/h2-7H2,1H3,(H,13,14)(H2,10,11,12). The maximum absolute atomic E-state index is 11.1. The molecule has 0 fully saturated rings. The van der Waals surface area contributed by atoms with Gasteiger partial charge in [0.1, 0.15) is 0 Å². The number of rotatable bonds is 9. The molecule has 18 heavy (non-hydrogen) atoms. The van der Waals surface area contributed by atoms with Gasteiger partial charge in [0.05, 0.1) is 0 Å². The lowest BCUT2D eigenvalue weighted by Crippen LogP contribution is -2.03. The van der Waals surface area contributed by atoms with E-state index >= 15 is 0 Å². The van der Waals surface area contributed by atoms with Crippen molar-refractivity contribution in [2.75, 3.05) is 0 Å². The molecule has 0 rings (SSSR count). The first-order chi connectivity index (χ1) is 8.16. The van der Waals surface area contributed by atoms with Crippen LogP contribution in [0.2, 0.25) is 0 Å². The molecule has 0 bridgehead atoms. The number of carbonyl (C=O) groups excluding carboxylic acids is 1. The predicted molar refractivity (Wildman–Crippen MR) is 62.4 cm³/mol. The lowest BCUT2D eigenvalue weighted by Gasteiger charge is -2.11. The van der Waals surface area contributed by atoms with Crippen LogP contribution in [0.15, 0.2) is 0 Å². The Bertz CT molecular complexity index is 349. The van der Waals surface area contributed by atoms with Gasteiger partial charge in [-0.3, -0.25) is 9.69 Å². The van der Waals surface area contributed by atoms with E-state index in [4.69, 9.17) is 14.7 Å². The van der Waals surface area contributed by atoms with Crippen molar-refractivity contribution in [3.05, 3.63) is 0 Å². The van der Waals surface area contributed by atoms with Crippen molar-refractivity contribution in [2.24, 2.45) is 0 Å². The molecule has 0 aromatic heterocycles. The van der Waals surface area contributed by atoms with Gasteiger partial charge in [-0.2, -0.15) is 4.31 Å². The SMILES string of the molecule is CCCCCCCC(=O)OP(=O)(O)OP(=O)(O)O.